The number of hydrogen-bond donors (Lipinski definition) is 1. The highest BCUT2D eigenvalue weighted by atomic mass is 16.3. The van der Waals surface area contributed by atoms with E-state index in [2.05, 4.69) is 31.2 Å². The third-order valence-corrected chi connectivity index (χ3v) is 3.66. The second-order valence-corrected chi connectivity index (χ2v) is 5.56. The molecule has 0 amide bonds. The Hall–Kier alpha value is -2.80. The first-order valence-corrected chi connectivity index (χ1v) is 8.30. The number of aliphatic hydroxyl groups excluding tert-OH is 1. The SMILES string of the molecule is CCC(=CC(O)=CC=CC=Cc1ccccc1)Cc1ccccc1. The zero-order valence-electron chi connectivity index (χ0n) is 14.1. The average molecular weight is 316 g/mol. The van der Waals surface area contributed by atoms with E-state index < -0.39 is 0 Å². The van der Waals surface area contributed by atoms with E-state index in [1.807, 2.05) is 66.8 Å². The molecule has 0 aliphatic heterocycles. The molecule has 1 nitrogen and oxygen atoms in total. The fourth-order valence-electron chi connectivity index (χ4n) is 2.34. The van der Waals surface area contributed by atoms with Crippen LogP contribution in [0.2, 0.25) is 0 Å². The topological polar surface area (TPSA) is 20.2 Å². The predicted octanol–water partition coefficient (Wildman–Crippen LogP) is 6.28. The molecule has 0 heterocycles. The van der Waals surface area contributed by atoms with E-state index in [-0.39, 0.29) is 5.76 Å². The summed E-state index contributed by atoms with van der Waals surface area (Å²) in [6.07, 6.45) is 13.1. The van der Waals surface area contributed by atoms with Gasteiger partial charge in [0.25, 0.3) is 0 Å². The van der Waals surface area contributed by atoms with Crippen LogP contribution in [0.15, 0.2) is 102 Å². The van der Waals surface area contributed by atoms with Crippen molar-refractivity contribution in [3.05, 3.63) is 114 Å². The normalized spacial score (nSPS) is 13.0. The molecule has 2 aromatic carbocycles. The lowest BCUT2D eigenvalue weighted by Crippen LogP contribution is -1.90. The molecular weight excluding hydrogens is 292 g/mol. The van der Waals surface area contributed by atoms with Crippen molar-refractivity contribution in [3.8, 4) is 0 Å². The molecule has 0 aliphatic carbocycles. The Kier molecular flexibility index (Phi) is 7.36. The second-order valence-electron chi connectivity index (χ2n) is 5.56. The van der Waals surface area contributed by atoms with E-state index in [1.54, 1.807) is 6.08 Å². The molecule has 0 bridgehead atoms. The van der Waals surface area contributed by atoms with Crippen LogP contribution in [0.4, 0.5) is 0 Å². The summed E-state index contributed by atoms with van der Waals surface area (Å²) in [7, 11) is 0. The summed E-state index contributed by atoms with van der Waals surface area (Å²) in [4.78, 5) is 0. The van der Waals surface area contributed by atoms with Crippen molar-refractivity contribution in [1.29, 1.82) is 0 Å². The first-order valence-electron chi connectivity index (χ1n) is 8.30. The molecule has 0 saturated carbocycles. The van der Waals surface area contributed by atoms with Crippen LogP contribution < -0.4 is 0 Å². The lowest BCUT2D eigenvalue weighted by Gasteiger charge is -2.04. The molecule has 122 valence electrons. The summed E-state index contributed by atoms with van der Waals surface area (Å²) in [6.45, 7) is 2.11. The molecule has 0 aliphatic rings. The summed E-state index contributed by atoms with van der Waals surface area (Å²) in [5, 5.41) is 10.1. The van der Waals surface area contributed by atoms with Crippen LogP contribution in [0.3, 0.4) is 0 Å². The zero-order chi connectivity index (χ0) is 17.0. The first kappa shape index (κ1) is 17.6. The van der Waals surface area contributed by atoms with E-state index in [1.165, 1.54) is 11.1 Å². The van der Waals surface area contributed by atoms with Gasteiger partial charge < -0.3 is 5.11 Å². The van der Waals surface area contributed by atoms with E-state index >= 15 is 0 Å². The Morgan fingerprint density at radius 2 is 1.54 bits per heavy atom. The van der Waals surface area contributed by atoms with Crippen LogP contribution in [0.5, 0.6) is 0 Å². The van der Waals surface area contributed by atoms with Gasteiger partial charge in [0.05, 0.1) is 0 Å². The fourth-order valence-corrected chi connectivity index (χ4v) is 2.34. The number of allylic oxidation sites excluding steroid dienone is 6. The molecule has 1 heteroatoms. The van der Waals surface area contributed by atoms with E-state index in [0.29, 0.717) is 0 Å². The van der Waals surface area contributed by atoms with Crippen LogP contribution in [0, 0.1) is 0 Å². The first-order chi connectivity index (χ1) is 11.8. The minimum atomic E-state index is 0.284. The second kappa shape index (κ2) is 10.1. The lowest BCUT2D eigenvalue weighted by molar-refractivity contribution is 0.431. The van der Waals surface area contributed by atoms with Crippen molar-refractivity contribution in [3.63, 3.8) is 0 Å². The Bertz CT molecular complexity index is 719. The Morgan fingerprint density at radius 1 is 0.875 bits per heavy atom. The van der Waals surface area contributed by atoms with Gasteiger partial charge in [-0.25, -0.2) is 0 Å². The van der Waals surface area contributed by atoms with Gasteiger partial charge in [0.15, 0.2) is 0 Å². The summed E-state index contributed by atoms with van der Waals surface area (Å²) in [6, 6.07) is 20.5. The van der Waals surface area contributed by atoms with Gasteiger partial charge in [-0.1, -0.05) is 97.5 Å². The van der Waals surface area contributed by atoms with Crippen LogP contribution in [0.25, 0.3) is 6.08 Å². The van der Waals surface area contributed by atoms with Crippen molar-refractivity contribution < 1.29 is 5.11 Å². The van der Waals surface area contributed by atoms with Crippen molar-refractivity contribution in [2.45, 2.75) is 19.8 Å². The number of aliphatic hydroxyl groups is 1. The smallest absolute Gasteiger partial charge is 0.115 e. The predicted molar refractivity (Wildman–Crippen MR) is 104 cm³/mol. The summed E-state index contributed by atoms with van der Waals surface area (Å²) < 4.78 is 0. The van der Waals surface area contributed by atoms with Crippen LogP contribution in [-0.4, -0.2) is 5.11 Å². The zero-order valence-corrected chi connectivity index (χ0v) is 14.1. The van der Waals surface area contributed by atoms with Crippen LogP contribution in [0.1, 0.15) is 24.5 Å². The van der Waals surface area contributed by atoms with Gasteiger partial charge in [0, 0.05) is 0 Å². The number of hydrogen-bond acceptors (Lipinski definition) is 1. The largest absolute Gasteiger partial charge is 0.508 e. The molecule has 0 saturated heterocycles. The highest BCUT2D eigenvalue weighted by Gasteiger charge is 1.98. The Labute approximate surface area is 145 Å². The highest BCUT2D eigenvalue weighted by Crippen LogP contribution is 2.13. The monoisotopic (exact) mass is 316 g/mol. The third-order valence-electron chi connectivity index (χ3n) is 3.66. The Balaban J connectivity index is 1.93. The molecule has 1 N–H and O–H groups in total. The maximum Gasteiger partial charge on any atom is 0.115 e. The Morgan fingerprint density at radius 3 is 2.21 bits per heavy atom. The average Bonchev–Trinajstić information content (AvgIpc) is 2.62. The van der Waals surface area contributed by atoms with Crippen molar-refractivity contribution in [2.24, 2.45) is 0 Å². The molecule has 2 rings (SSSR count). The molecule has 0 radical (unpaired) electrons. The van der Waals surface area contributed by atoms with E-state index in [4.69, 9.17) is 0 Å². The fraction of sp³-hybridized carbons (Fsp3) is 0.130. The maximum atomic E-state index is 10.1. The summed E-state index contributed by atoms with van der Waals surface area (Å²) in [5.74, 6) is 0.284. The summed E-state index contributed by atoms with van der Waals surface area (Å²) in [5.41, 5.74) is 3.63. The van der Waals surface area contributed by atoms with Crippen molar-refractivity contribution in [1.82, 2.24) is 0 Å². The minimum absolute atomic E-state index is 0.284. The molecule has 0 fully saturated rings. The van der Waals surface area contributed by atoms with Gasteiger partial charge in [-0.15, -0.1) is 0 Å². The van der Waals surface area contributed by atoms with Crippen molar-refractivity contribution >= 4 is 6.08 Å². The highest BCUT2D eigenvalue weighted by molar-refractivity contribution is 5.50. The van der Waals surface area contributed by atoms with Crippen molar-refractivity contribution in [2.75, 3.05) is 0 Å². The van der Waals surface area contributed by atoms with Gasteiger partial charge in [-0.2, -0.15) is 0 Å². The van der Waals surface area contributed by atoms with E-state index in [0.717, 1.165) is 18.4 Å². The molecule has 0 atom stereocenters. The van der Waals surface area contributed by atoms with Gasteiger partial charge in [0.2, 0.25) is 0 Å². The minimum Gasteiger partial charge on any atom is -0.508 e. The van der Waals surface area contributed by atoms with Crippen LogP contribution >= 0.6 is 0 Å². The summed E-state index contributed by atoms with van der Waals surface area (Å²) >= 11 is 0. The van der Waals surface area contributed by atoms with E-state index in [9.17, 15) is 5.11 Å². The maximum absolute atomic E-state index is 10.1. The standard InChI is InChI=1S/C23H24O/c1-2-20(18-22-15-9-4-10-16-22)19-23(24)17-11-5-8-14-21-12-6-3-7-13-21/h3-17,19,24H,2,18H2,1H3. The van der Waals surface area contributed by atoms with Gasteiger partial charge in [-0.05, 0) is 36.1 Å². The number of benzene rings is 2. The lowest BCUT2D eigenvalue weighted by atomic mass is 10.0. The molecular formula is C23H24O. The van der Waals surface area contributed by atoms with Gasteiger partial charge in [0.1, 0.15) is 5.76 Å². The van der Waals surface area contributed by atoms with Crippen LogP contribution in [-0.2, 0) is 6.42 Å². The molecule has 0 aromatic heterocycles. The molecule has 0 spiro atoms. The quantitative estimate of drug-likeness (QED) is 0.471. The van der Waals surface area contributed by atoms with Gasteiger partial charge in [-0.3, -0.25) is 0 Å². The molecule has 0 unspecified atom stereocenters. The third kappa shape index (κ3) is 6.53. The molecule has 2 aromatic rings. The van der Waals surface area contributed by atoms with Gasteiger partial charge >= 0.3 is 0 Å². The number of rotatable bonds is 7. The molecule has 24 heavy (non-hydrogen) atoms.